The first-order valence-corrected chi connectivity index (χ1v) is 14.1. The first kappa shape index (κ1) is 29.5. The molecule has 1 aromatic heterocycles. The third kappa shape index (κ3) is 4.64. The van der Waals surface area contributed by atoms with Crippen LogP contribution in [0.4, 0.5) is 0 Å². The van der Waals surface area contributed by atoms with Crippen molar-refractivity contribution < 1.29 is 49.0 Å². The van der Waals surface area contributed by atoms with Gasteiger partial charge >= 0.3 is 11.9 Å². The summed E-state index contributed by atoms with van der Waals surface area (Å²) in [5.41, 5.74) is -4.00. The van der Waals surface area contributed by atoms with Gasteiger partial charge in [-0.1, -0.05) is 31.9 Å². The average molecular weight is 574 g/mol. The van der Waals surface area contributed by atoms with E-state index in [1.54, 1.807) is 37.4 Å². The van der Waals surface area contributed by atoms with Gasteiger partial charge in [0.05, 0.1) is 31.6 Å². The van der Waals surface area contributed by atoms with Gasteiger partial charge in [0.25, 0.3) is 0 Å². The van der Waals surface area contributed by atoms with E-state index in [4.69, 9.17) is 18.9 Å². The van der Waals surface area contributed by atoms with Crippen LogP contribution in [-0.4, -0.2) is 86.9 Å². The van der Waals surface area contributed by atoms with E-state index in [9.17, 15) is 30.0 Å². The molecule has 0 radical (unpaired) electrons. The van der Waals surface area contributed by atoms with Crippen molar-refractivity contribution in [2.75, 3.05) is 13.7 Å². The number of aliphatic hydroxyl groups excluding tert-OH is 2. The van der Waals surface area contributed by atoms with Crippen LogP contribution in [0.5, 0.6) is 0 Å². The molecule has 8 unspecified atom stereocenters. The summed E-state index contributed by atoms with van der Waals surface area (Å²) in [4.78, 5) is 27.8. The zero-order valence-electron chi connectivity index (χ0n) is 23.3. The maximum atomic E-state index is 12.9. The number of methoxy groups -OCH3 is 1. The monoisotopic (exact) mass is 573 g/mol. The lowest BCUT2D eigenvalue weighted by Crippen LogP contribution is -2.74. The number of carbonyl (C=O) groups is 2. The van der Waals surface area contributed by atoms with Crippen LogP contribution in [0.1, 0.15) is 45.4 Å². The molecule has 0 aromatic carbocycles. The highest BCUT2D eigenvalue weighted by Gasteiger charge is 2.65. The first-order valence-electron chi connectivity index (χ1n) is 14.1. The van der Waals surface area contributed by atoms with E-state index >= 15 is 0 Å². The topological polar surface area (TPSA) is 168 Å². The molecular weight excluding hydrogens is 534 g/mol. The van der Waals surface area contributed by atoms with Crippen LogP contribution >= 0.6 is 0 Å². The molecule has 41 heavy (non-hydrogen) atoms. The number of esters is 1. The minimum atomic E-state index is -1.98. The smallest absolute Gasteiger partial charge is 0.333 e. The summed E-state index contributed by atoms with van der Waals surface area (Å²) in [7, 11) is 1.26. The Morgan fingerprint density at radius 3 is 2.61 bits per heavy atom. The second-order valence-electron chi connectivity index (χ2n) is 11.6. The molecule has 0 amide bonds. The number of ether oxygens (including phenoxy) is 4. The number of carboxylic acid groups (broad SMARTS) is 1. The normalized spacial score (nSPS) is 37.3. The van der Waals surface area contributed by atoms with E-state index in [2.05, 4.69) is 11.6 Å². The van der Waals surface area contributed by atoms with Crippen LogP contribution < -0.4 is 10.6 Å². The largest absolute Gasteiger partial charge is 0.483 e. The summed E-state index contributed by atoms with van der Waals surface area (Å²) < 4.78 is 24.0. The number of fused-ring (bicyclic) bond motifs is 1. The van der Waals surface area contributed by atoms with Gasteiger partial charge < -0.3 is 44.4 Å². The number of rotatable bonds is 8. The lowest BCUT2D eigenvalue weighted by atomic mass is 9.62. The zero-order valence-corrected chi connectivity index (χ0v) is 23.3. The maximum Gasteiger partial charge on any atom is 0.333 e. The molecular formula is C30H39NO10. The third-order valence-electron chi connectivity index (χ3n) is 9.52. The third-order valence-corrected chi connectivity index (χ3v) is 9.52. The Balaban J connectivity index is 1.57. The second-order valence-corrected chi connectivity index (χ2v) is 11.6. The van der Waals surface area contributed by atoms with Gasteiger partial charge in [0.1, 0.15) is 24.1 Å². The molecule has 224 valence electrons. The van der Waals surface area contributed by atoms with Crippen molar-refractivity contribution in [3.8, 4) is 0 Å². The Labute approximate surface area is 237 Å². The van der Waals surface area contributed by atoms with Crippen molar-refractivity contribution in [2.24, 2.45) is 17.3 Å². The summed E-state index contributed by atoms with van der Waals surface area (Å²) in [5, 5.41) is 45.4. The van der Waals surface area contributed by atoms with Crippen molar-refractivity contribution in [1.82, 2.24) is 4.98 Å². The SMILES string of the molecule is C=CC1C(CC(=O)O)C(C(=O)OC)=CC2(CCCC2)C1OC1OC(CO)C2(C=c3cc[nH]c3=CO2)C(O)C1(O)CC. The molecule has 1 aromatic rings. The Hall–Kier alpha value is -2.96. The summed E-state index contributed by atoms with van der Waals surface area (Å²) in [6.45, 7) is 5.11. The van der Waals surface area contributed by atoms with E-state index in [0.717, 1.165) is 18.1 Å². The zero-order chi connectivity index (χ0) is 29.6. The Morgan fingerprint density at radius 2 is 2.00 bits per heavy atom. The van der Waals surface area contributed by atoms with Gasteiger partial charge in [-0.2, -0.15) is 0 Å². The van der Waals surface area contributed by atoms with Crippen molar-refractivity contribution in [3.05, 3.63) is 47.1 Å². The molecule has 5 N–H and O–H groups in total. The number of hydrogen-bond donors (Lipinski definition) is 5. The first-order chi connectivity index (χ1) is 19.6. The number of aromatic nitrogens is 1. The van der Waals surface area contributed by atoms with Gasteiger partial charge in [-0.25, -0.2) is 4.79 Å². The van der Waals surface area contributed by atoms with Gasteiger partial charge in [-0.05, 0) is 31.4 Å². The van der Waals surface area contributed by atoms with E-state index in [1.807, 2.05) is 0 Å². The number of nitrogens with one attached hydrogen (secondary N) is 1. The predicted octanol–water partition coefficient (Wildman–Crippen LogP) is 0.473. The molecule has 11 heteroatoms. The van der Waals surface area contributed by atoms with E-state index in [0.29, 0.717) is 18.2 Å². The van der Waals surface area contributed by atoms with Crippen LogP contribution in [0.15, 0.2) is 36.6 Å². The van der Waals surface area contributed by atoms with Crippen LogP contribution in [-0.2, 0) is 28.5 Å². The summed E-state index contributed by atoms with van der Waals surface area (Å²) >= 11 is 0. The molecule has 3 heterocycles. The van der Waals surface area contributed by atoms with Crippen molar-refractivity contribution in [3.63, 3.8) is 0 Å². The lowest BCUT2D eigenvalue weighted by Gasteiger charge is -2.56. The number of H-pyrrole nitrogens is 1. The van der Waals surface area contributed by atoms with E-state index in [1.165, 1.54) is 13.4 Å². The fourth-order valence-corrected chi connectivity index (χ4v) is 7.31. The number of aromatic amines is 1. The van der Waals surface area contributed by atoms with Crippen molar-refractivity contribution in [2.45, 2.75) is 81.3 Å². The fraction of sp³-hybridized carbons (Fsp3) is 0.600. The maximum absolute atomic E-state index is 12.9. The quantitative estimate of drug-likeness (QED) is 0.218. The van der Waals surface area contributed by atoms with Gasteiger partial charge in [0, 0.05) is 34.2 Å². The molecule has 2 fully saturated rings. The Bertz CT molecular complexity index is 1330. The minimum Gasteiger partial charge on any atom is -0.483 e. The Kier molecular flexibility index (Phi) is 7.95. The minimum absolute atomic E-state index is 0.0101. The highest BCUT2D eigenvalue weighted by molar-refractivity contribution is 5.90. The van der Waals surface area contributed by atoms with Crippen LogP contribution in [0.25, 0.3) is 12.3 Å². The molecule has 5 rings (SSSR count). The lowest BCUT2D eigenvalue weighted by molar-refractivity contribution is -0.369. The van der Waals surface area contributed by atoms with Gasteiger partial charge in [0.2, 0.25) is 0 Å². The number of carboxylic acids is 1. The predicted molar refractivity (Wildman–Crippen MR) is 145 cm³/mol. The number of aliphatic hydroxyl groups is 3. The number of hydrogen-bond acceptors (Lipinski definition) is 9. The molecule has 2 aliphatic carbocycles. The summed E-state index contributed by atoms with van der Waals surface area (Å²) in [6.07, 6.45) is 5.96. The highest BCUT2D eigenvalue weighted by Crippen LogP contribution is 2.55. The van der Waals surface area contributed by atoms with Gasteiger partial charge in [0.15, 0.2) is 11.9 Å². The number of carbonyl (C=O) groups excluding carboxylic acids is 1. The molecule has 2 aliphatic heterocycles. The van der Waals surface area contributed by atoms with Crippen molar-refractivity contribution in [1.29, 1.82) is 0 Å². The van der Waals surface area contributed by atoms with Crippen molar-refractivity contribution >= 4 is 24.3 Å². The summed E-state index contributed by atoms with van der Waals surface area (Å²) in [5.74, 6) is -3.15. The van der Waals surface area contributed by atoms with Crippen LogP contribution in [0.2, 0.25) is 0 Å². The molecule has 1 saturated heterocycles. The molecule has 4 aliphatic rings. The molecule has 8 atom stereocenters. The van der Waals surface area contributed by atoms with E-state index in [-0.39, 0.29) is 18.4 Å². The fourth-order valence-electron chi connectivity index (χ4n) is 7.31. The van der Waals surface area contributed by atoms with E-state index < -0.39 is 71.6 Å². The average Bonchev–Trinajstić information content (AvgIpc) is 3.64. The summed E-state index contributed by atoms with van der Waals surface area (Å²) in [6, 6.07) is 1.79. The molecule has 2 spiro atoms. The Morgan fingerprint density at radius 1 is 1.27 bits per heavy atom. The van der Waals surface area contributed by atoms with Crippen LogP contribution in [0.3, 0.4) is 0 Å². The molecule has 1 saturated carbocycles. The van der Waals surface area contributed by atoms with Gasteiger partial charge in [-0.15, -0.1) is 6.58 Å². The van der Waals surface area contributed by atoms with Gasteiger partial charge in [-0.3, -0.25) is 4.79 Å². The van der Waals surface area contributed by atoms with Crippen LogP contribution in [0, 0.1) is 17.3 Å². The number of aliphatic carboxylic acids is 1. The second kappa shape index (κ2) is 11.0. The molecule has 11 nitrogen and oxygen atoms in total. The molecule has 0 bridgehead atoms. The standard InChI is InChI=1S/C30H39NO10/c1-4-18-19(12-23(33)34)20(25(35)38-3)14-28(9-6-7-10-28)24(18)41-27-29(37,5-2)26(36)30(22(15-32)40-27)13-17-8-11-31-21(17)16-39-30/h4,8,11,13-14,16,18-19,22,24,26-27,31-32,36-37H,1,5-7,9-10,12,15H2,2-3H3,(H,33,34). The highest BCUT2D eigenvalue weighted by atomic mass is 16.7.